The summed E-state index contributed by atoms with van der Waals surface area (Å²) in [4.78, 5) is 0.152. The zero-order valence-electron chi connectivity index (χ0n) is 27.0. The molecule has 0 heterocycles. The molecule has 0 aliphatic heterocycles. The minimum atomic E-state index is -0.436. The van der Waals surface area contributed by atoms with Crippen molar-refractivity contribution >= 4 is 34.4 Å². The fraction of sp³-hybridized carbons (Fsp3) is 0. The summed E-state index contributed by atoms with van der Waals surface area (Å²) in [6.45, 7) is 0. The first-order chi connectivity index (χ1) is 20.4. The quantitative estimate of drug-likeness (QED) is 0.189. The van der Waals surface area contributed by atoms with Crippen LogP contribution in [0.4, 0.5) is 0 Å². The van der Waals surface area contributed by atoms with Gasteiger partial charge in [-0.3, -0.25) is 0 Å². The summed E-state index contributed by atoms with van der Waals surface area (Å²) in [5, 5.41) is 0. The van der Waals surface area contributed by atoms with Gasteiger partial charge in [0.25, 0.3) is 0 Å². The summed E-state index contributed by atoms with van der Waals surface area (Å²) in [5.74, 6) is -0.531. The molecule has 0 aromatic heterocycles. The van der Waals surface area contributed by atoms with Gasteiger partial charge in [0.1, 0.15) is 11.5 Å². The van der Waals surface area contributed by atoms with Crippen LogP contribution < -0.4 is 4.74 Å². The largest absolute Gasteiger partial charge is 0.457 e. The molecule has 0 aliphatic rings. The van der Waals surface area contributed by atoms with Crippen molar-refractivity contribution in [1.82, 2.24) is 0 Å². The van der Waals surface area contributed by atoms with Crippen LogP contribution in [0.15, 0.2) is 137 Å². The minimum Gasteiger partial charge on any atom is -0.457 e. The molecule has 0 atom stereocenters. The maximum atomic E-state index is 8.63. The average Bonchev–Trinajstić information content (AvgIpc) is 3.01. The van der Waals surface area contributed by atoms with Crippen molar-refractivity contribution in [2.75, 3.05) is 0 Å². The van der Waals surface area contributed by atoms with E-state index >= 15 is 0 Å². The molecule has 0 fully saturated rings. The van der Waals surface area contributed by atoms with Crippen LogP contribution in [0.3, 0.4) is 0 Å². The molecule has 5 aromatic carbocycles. The molecule has 1 nitrogen and oxygen atoms in total. The van der Waals surface area contributed by atoms with E-state index in [0.717, 1.165) is 11.8 Å². The van der Waals surface area contributed by atoms with E-state index in [0.29, 0.717) is 11.1 Å². The third kappa shape index (κ3) is 5.67. The first-order valence-corrected chi connectivity index (χ1v) is 11.8. The Morgan fingerprint density at radius 3 is 1.70 bits per heavy atom. The van der Waals surface area contributed by atoms with Crippen molar-refractivity contribution in [3.63, 3.8) is 0 Å². The van der Waals surface area contributed by atoms with Crippen molar-refractivity contribution in [2.45, 2.75) is 9.79 Å². The molecule has 0 aliphatic carbocycles. The van der Waals surface area contributed by atoms with Crippen molar-refractivity contribution < 1.29 is 18.4 Å². The van der Waals surface area contributed by atoms with Gasteiger partial charge < -0.3 is 4.74 Å². The lowest BCUT2D eigenvalue weighted by molar-refractivity contribution is 0.481. The van der Waals surface area contributed by atoms with E-state index in [1.165, 1.54) is 6.07 Å². The molecule has 0 saturated heterocycles. The van der Waals surface area contributed by atoms with E-state index in [9.17, 15) is 0 Å². The van der Waals surface area contributed by atoms with E-state index in [1.807, 2.05) is 0 Å². The van der Waals surface area contributed by atoms with Crippen molar-refractivity contribution in [3.05, 3.63) is 131 Å². The highest BCUT2D eigenvalue weighted by Crippen LogP contribution is 2.35. The highest BCUT2D eigenvalue weighted by atomic mass is 127. The number of ether oxygens (including phenoxy) is 1. The molecule has 0 spiro atoms. The molecule has 5 rings (SSSR count). The van der Waals surface area contributed by atoms with Crippen molar-refractivity contribution in [1.29, 1.82) is 0 Å². The first kappa shape index (κ1) is 13.0. The number of hydrogen-bond acceptors (Lipinski definition) is 2. The molecular formula is C30H21IOS. The SMILES string of the molecule is [2H]c1c(Oc2c([2H])c([2H])c(-c3ccccc3)c([2H])c2[2H])cc(Sc2c([2H])c([2H])c(-c3ccccc3)c([2H])c2[2H])c([2H])c1I. The normalized spacial score (nSPS) is 14.9. The molecule has 0 N–H and O–H groups in total. The summed E-state index contributed by atoms with van der Waals surface area (Å²) >= 11 is 2.61. The second-order valence-corrected chi connectivity index (χ2v) is 8.91. The van der Waals surface area contributed by atoms with Crippen LogP contribution in [0.2, 0.25) is 0 Å². The lowest BCUT2D eigenvalue weighted by Crippen LogP contribution is -1.87. The van der Waals surface area contributed by atoms with Crippen LogP contribution >= 0.6 is 34.4 Å². The Morgan fingerprint density at radius 1 is 0.576 bits per heavy atom. The molecule has 3 heteroatoms. The van der Waals surface area contributed by atoms with Gasteiger partial charge in [0, 0.05) is 13.4 Å². The van der Waals surface area contributed by atoms with Crippen molar-refractivity contribution in [2.24, 2.45) is 0 Å². The molecule has 0 bridgehead atoms. The number of rotatable bonds is 6. The lowest BCUT2D eigenvalue weighted by Gasteiger charge is -2.10. The summed E-state index contributed by atoms with van der Waals surface area (Å²) in [5.41, 5.74) is 1.33. The summed E-state index contributed by atoms with van der Waals surface area (Å²) in [6.07, 6.45) is 0. The minimum absolute atomic E-state index is 0.0147. The van der Waals surface area contributed by atoms with E-state index in [2.05, 4.69) is 0 Å². The van der Waals surface area contributed by atoms with Gasteiger partial charge in [-0.1, -0.05) is 96.6 Å². The Morgan fingerprint density at radius 2 is 1.12 bits per heavy atom. The smallest absolute Gasteiger partial charge is 0.129 e. The number of halogens is 1. The van der Waals surface area contributed by atoms with Crippen LogP contribution in [0, 0.1) is 3.57 Å². The Balaban J connectivity index is 1.59. The fourth-order valence-corrected chi connectivity index (χ4v) is 4.45. The Hall–Kier alpha value is -3.02. The lowest BCUT2D eigenvalue weighted by atomic mass is 10.1. The Bertz CT molecular complexity index is 1690. The average molecular weight is 567 g/mol. The molecule has 160 valence electrons. The summed E-state index contributed by atoms with van der Waals surface area (Å²) < 4.78 is 91.8. The maximum Gasteiger partial charge on any atom is 0.129 e. The van der Waals surface area contributed by atoms with E-state index in [4.69, 9.17) is 18.4 Å². The number of benzene rings is 5. The van der Waals surface area contributed by atoms with Crippen LogP contribution in [-0.2, 0) is 0 Å². The third-order valence-corrected chi connectivity index (χ3v) is 5.87. The Kier molecular flexibility index (Phi) is 4.05. The monoisotopic (exact) mass is 566 g/mol. The van der Waals surface area contributed by atoms with Crippen molar-refractivity contribution in [3.8, 4) is 33.8 Å². The van der Waals surface area contributed by atoms with Gasteiger partial charge in [0.15, 0.2) is 0 Å². The highest BCUT2D eigenvalue weighted by Gasteiger charge is 2.06. The second-order valence-electron chi connectivity index (χ2n) is 6.78. The van der Waals surface area contributed by atoms with Gasteiger partial charge >= 0.3 is 0 Å². The topological polar surface area (TPSA) is 9.23 Å². The molecule has 0 saturated carbocycles. The zero-order chi connectivity index (χ0) is 31.2. The third-order valence-electron chi connectivity index (χ3n) is 4.48. The molecule has 0 radical (unpaired) electrons. The Labute approximate surface area is 226 Å². The fourth-order valence-electron chi connectivity index (χ4n) is 2.97. The predicted octanol–water partition coefficient (Wildman–Crippen LogP) is 9.57. The molecule has 0 amide bonds. The number of hydrogen-bond donors (Lipinski definition) is 0. The van der Waals surface area contributed by atoms with Gasteiger partial charge in [0.2, 0.25) is 0 Å². The zero-order valence-corrected chi connectivity index (χ0v) is 20.0. The van der Waals surface area contributed by atoms with Crippen LogP contribution in [0.5, 0.6) is 11.5 Å². The highest BCUT2D eigenvalue weighted by molar-refractivity contribution is 14.1. The van der Waals surface area contributed by atoms with Crippen LogP contribution in [-0.4, -0.2) is 0 Å². The van der Waals surface area contributed by atoms with E-state index < -0.39 is 12.1 Å². The van der Waals surface area contributed by atoms with Gasteiger partial charge in [-0.05, 0) is 87.2 Å². The van der Waals surface area contributed by atoms with Gasteiger partial charge in [-0.2, -0.15) is 0 Å². The molecule has 0 unspecified atom stereocenters. The second kappa shape index (κ2) is 10.3. The maximum absolute atomic E-state index is 8.63. The van der Waals surface area contributed by atoms with Gasteiger partial charge in [-0.15, -0.1) is 0 Å². The standard InChI is InChI=1S/C30H21IOS/c31-26-19-28(32-27-15-11-24(12-16-27)22-7-3-1-4-8-22)21-30(20-26)33-29-17-13-25(14-18-29)23-9-5-2-6-10-23/h1-21H/i11D,12D,13D,14D,15D,16D,17D,18D,19D,20D. The van der Waals surface area contributed by atoms with Crippen LogP contribution in [0.25, 0.3) is 22.3 Å². The van der Waals surface area contributed by atoms with E-state index in [1.54, 1.807) is 83.3 Å². The van der Waals surface area contributed by atoms with Gasteiger partial charge in [0.05, 0.1) is 13.7 Å². The first-order valence-electron chi connectivity index (χ1n) is 14.9. The molecular weight excluding hydrogens is 535 g/mol. The summed E-state index contributed by atoms with van der Waals surface area (Å²) in [6, 6.07) is 15.8. The summed E-state index contributed by atoms with van der Waals surface area (Å²) in [7, 11) is 0. The molecule has 5 aromatic rings. The predicted molar refractivity (Wildman–Crippen MR) is 147 cm³/mol. The molecule has 33 heavy (non-hydrogen) atoms. The van der Waals surface area contributed by atoms with Crippen LogP contribution in [0.1, 0.15) is 13.7 Å². The van der Waals surface area contributed by atoms with E-state index in [-0.39, 0.29) is 84.3 Å². The van der Waals surface area contributed by atoms with Gasteiger partial charge in [-0.25, -0.2) is 0 Å².